The quantitative estimate of drug-likeness (QED) is 0.681. The first-order chi connectivity index (χ1) is 16.9. The maximum absolute atomic E-state index is 13.7. The lowest BCUT2D eigenvalue weighted by molar-refractivity contribution is -0.159. The molecule has 3 aliphatic rings. The molecule has 1 aliphatic carbocycles. The standard InChI is InChI=1S/C27H30N2O6/c1-26(24(31)32)11-6-14-29(26)23(30)27(12-15-34-16-13-27)28-25(33)35-17-22-20-9-4-2-7-18(20)19-8-3-5-10-21(19)22/h2-5,7-10,22H,6,11-17H2,1H3,(H,28,33)(H,31,32). The van der Waals surface area contributed by atoms with E-state index in [0.717, 1.165) is 22.3 Å². The SMILES string of the molecule is CC1(C(=O)O)CCCN1C(=O)C1(NC(=O)OCC2c3ccccc3-c3ccccc32)CCOCC1. The number of benzene rings is 2. The molecule has 2 amide bonds. The van der Waals surface area contributed by atoms with E-state index in [9.17, 15) is 19.5 Å². The number of amides is 2. The van der Waals surface area contributed by atoms with Crippen LogP contribution in [0.2, 0.25) is 0 Å². The van der Waals surface area contributed by atoms with Crippen molar-refractivity contribution < 1.29 is 29.0 Å². The molecule has 0 bridgehead atoms. The Hall–Kier alpha value is -3.39. The minimum atomic E-state index is -1.29. The lowest BCUT2D eigenvalue weighted by Crippen LogP contribution is -2.65. The van der Waals surface area contributed by atoms with Gasteiger partial charge in [0.25, 0.3) is 0 Å². The molecule has 2 heterocycles. The van der Waals surface area contributed by atoms with Crippen LogP contribution in [0.3, 0.4) is 0 Å². The Labute approximate surface area is 204 Å². The minimum Gasteiger partial charge on any atom is -0.480 e. The Balaban J connectivity index is 1.33. The number of carboxylic acid groups (broad SMARTS) is 1. The molecule has 0 radical (unpaired) electrons. The summed E-state index contributed by atoms with van der Waals surface area (Å²) < 4.78 is 11.2. The molecule has 2 N–H and O–H groups in total. The second kappa shape index (κ2) is 9.00. The fourth-order valence-corrected chi connectivity index (χ4v) is 5.71. The first-order valence-electron chi connectivity index (χ1n) is 12.1. The molecule has 8 heteroatoms. The fraction of sp³-hybridized carbons (Fsp3) is 0.444. The van der Waals surface area contributed by atoms with Gasteiger partial charge in [0, 0.05) is 38.5 Å². The maximum Gasteiger partial charge on any atom is 0.408 e. The zero-order chi connectivity index (χ0) is 24.6. The van der Waals surface area contributed by atoms with E-state index in [0.29, 0.717) is 32.6 Å². The number of carbonyl (C=O) groups excluding carboxylic acids is 2. The number of nitrogens with zero attached hydrogens (tertiary/aromatic N) is 1. The molecule has 2 saturated heterocycles. The Morgan fingerprint density at radius 3 is 2.23 bits per heavy atom. The predicted molar refractivity (Wildman–Crippen MR) is 128 cm³/mol. The average Bonchev–Trinajstić information content (AvgIpc) is 3.42. The number of nitrogens with one attached hydrogen (secondary N) is 1. The average molecular weight is 479 g/mol. The molecular weight excluding hydrogens is 448 g/mol. The van der Waals surface area contributed by atoms with Gasteiger partial charge in [-0.05, 0) is 42.0 Å². The molecule has 0 spiro atoms. The van der Waals surface area contributed by atoms with Crippen LogP contribution in [0.5, 0.6) is 0 Å². The van der Waals surface area contributed by atoms with E-state index in [1.807, 2.05) is 36.4 Å². The fourth-order valence-electron chi connectivity index (χ4n) is 5.71. The summed E-state index contributed by atoms with van der Waals surface area (Å²) >= 11 is 0. The topological polar surface area (TPSA) is 105 Å². The molecule has 2 aromatic rings. The van der Waals surface area contributed by atoms with Crippen LogP contribution in [-0.2, 0) is 19.1 Å². The van der Waals surface area contributed by atoms with Gasteiger partial charge in [-0.15, -0.1) is 0 Å². The highest BCUT2D eigenvalue weighted by Crippen LogP contribution is 2.44. The smallest absolute Gasteiger partial charge is 0.408 e. The van der Waals surface area contributed by atoms with E-state index in [4.69, 9.17) is 9.47 Å². The summed E-state index contributed by atoms with van der Waals surface area (Å²) in [4.78, 5) is 40.1. The van der Waals surface area contributed by atoms with Crippen LogP contribution in [0, 0.1) is 0 Å². The number of ether oxygens (including phenoxy) is 2. The van der Waals surface area contributed by atoms with Gasteiger partial charge in [-0.1, -0.05) is 48.5 Å². The van der Waals surface area contributed by atoms with Crippen LogP contribution in [0.1, 0.15) is 49.7 Å². The van der Waals surface area contributed by atoms with E-state index < -0.39 is 23.1 Å². The highest BCUT2D eigenvalue weighted by molar-refractivity contribution is 5.94. The summed E-state index contributed by atoms with van der Waals surface area (Å²) in [5, 5.41) is 12.6. The number of aliphatic carboxylic acids is 1. The number of fused-ring (bicyclic) bond motifs is 3. The first-order valence-corrected chi connectivity index (χ1v) is 12.1. The summed E-state index contributed by atoms with van der Waals surface area (Å²) in [6.45, 7) is 2.65. The van der Waals surface area contributed by atoms with Crippen molar-refractivity contribution in [3.63, 3.8) is 0 Å². The number of hydrogen-bond acceptors (Lipinski definition) is 5. The molecule has 5 rings (SSSR count). The van der Waals surface area contributed by atoms with Crippen molar-refractivity contribution in [2.45, 2.75) is 49.6 Å². The number of carboxylic acids is 1. The van der Waals surface area contributed by atoms with Crippen molar-refractivity contribution in [3.8, 4) is 11.1 Å². The summed E-state index contributed by atoms with van der Waals surface area (Å²) in [5.74, 6) is -1.51. The van der Waals surface area contributed by atoms with Crippen LogP contribution in [0.15, 0.2) is 48.5 Å². The molecule has 1 atom stereocenters. The van der Waals surface area contributed by atoms with Crippen LogP contribution in [0.4, 0.5) is 4.79 Å². The van der Waals surface area contributed by atoms with E-state index in [2.05, 4.69) is 17.4 Å². The van der Waals surface area contributed by atoms with Gasteiger partial charge < -0.3 is 24.8 Å². The highest BCUT2D eigenvalue weighted by atomic mass is 16.5. The lowest BCUT2D eigenvalue weighted by Gasteiger charge is -2.42. The van der Waals surface area contributed by atoms with Crippen LogP contribution < -0.4 is 5.32 Å². The number of carbonyl (C=O) groups is 3. The van der Waals surface area contributed by atoms with E-state index >= 15 is 0 Å². The van der Waals surface area contributed by atoms with Crippen LogP contribution >= 0.6 is 0 Å². The Morgan fingerprint density at radius 1 is 1.03 bits per heavy atom. The second-order valence-electron chi connectivity index (χ2n) is 9.78. The number of likely N-dealkylation sites (tertiary alicyclic amines) is 1. The number of hydrogen-bond donors (Lipinski definition) is 2. The minimum absolute atomic E-state index is 0.0941. The van der Waals surface area contributed by atoms with Gasteiger partial charge in [-0.3, -0.25) is 4.79 Å². The third-order valence-corrected chi connectivity index (χ3v) is 7.79. The molecule has 0 aromatic heterocycles. The van der Waals surface area contributed by atoms with Crippen molar-refractivity contribution >= 4 is 18.0 Å². The van der Waals surface area contributed by atoms with Crippen LogP contribution in [0.25, 0.3) is 11.1 Å². The molecule has 2 aromatic carbocycles. The molecule has 184 valence electrons. The maximum atomic E-state index is 13.7. The third-order valence-electron chi connectivity index (χ3n) is 7.79. The molecule has 1 unspecified atom stereocenters. The molecule has 0 saturated carbocycles. The van der Waals surface area contributed by atoms with Crippen molar-refractivity contribution in [1.82, 2.24) is 10.2 Å². The third kappa shape index (κ3) is 3.95. The number of rotatable bonds is 5. The molecular formula is C27H30N2O6. The van der Waals surface area contributed by atoms with Crippen LogP contribution in [-0.4, -0.2) is 65.4 Å². The second-order valence-corrected chi connectivity index (χ2v) is 9.78. The monoisotopic (exact) mass is 478 g/mol. The normalized spacial score (nSPS) is 22.8. The van der Waals surface area contributed by atoms with E-state index in [1.165, 1.54) is 4.90 Å². The first kappa shape index (κ1) is 23.4. The van der Waals surface area contributed by atoms with E-state index in [1.54, 1.807) is 6.92 Å². The van der Waals surface area contributed by atoms with Gasteiger partial charge in [-0.25, -0.2) is 9.59 Å². The Bertz CT molecular complexity index is 1110. The molecule has 8 nitrogen and oxygen atoms in total. The van der Waals surface area contributed by atoms with Gasteiger partial charge in [0.15, 0.2) is 0 Å². The lowest BCUT2D eigenvalue weighted by atomic mass is 9.86. The summed E-state index contributed by atoms with van der Waals surface area (Å²) in [6.07, 6.45) is 0.834. The van der Waals surface area contributed by atoms with Gasteiger partial charge in [0.1, 0.15) is 17.7 Å². The molecule has 2 fully saturated rings. The number of alkyl carbamates (subject to hydrolysis) is 1. The zero-order valence-corrected chi connectivity index (χ0v) is 19.8. The van der Waals surface area contributed by atoms with Crippen molar-refractivity contribution in [1.29, 1.82) is 0 Å². The van der Waals surface area contributed by atoms with Crippen molar-refractivity contribution in [2.24, 2.45) is 0 Å². The Kier molecular flexibility index (Phi) is 6.01. The largest absolute Gasteiger partial charge is 0.480 e. The van der Waals surface area contributed by atoms with Gasteiger partial charge in [-0.2, -0.15) is 0 Å². The zero-order valence-electron chi connectivity index (χ0n) is 19.8. The van der Waals surface area contributed by atoms with Gasteiger partial charge >= 0.3 is 12.1 Å². The van der Waals surface area contributed by atoms with Crippen molar-refractivity contribution in [2.75, 3.05) is 26.4 Å². The van der Waals surface area contributed by atoms with Gasteiger partial charge in [0.05, 0.1) is 0 Å². The van der Waals surface area contributed by atoms with Crippen molar-refractivity contribution in [3.05, 3.63) is 59.7 Å². The summed E-state index contributed by atoms with van der Waals surface area (Å²) in [5.41, 5.74) is 1.94. The summed E-state index contributed by atoms with van der Waals surface area (Å²) in [6, 6.07) is 16.2. The summed E-state index contributed by atoms with van der Waals surface area (Å²) in [7, 11) is 0. The highest BCUT2D eigenvalue weighted by Gasteiger charge is 2.53. The molecule has 2 aliphatic heterocycles. The predicted octanol–water partition coefficient (Wildman–Crippen LogP) is 3.54. The van der Waals surface area contributed by atoms with Gasteiger partial charge in [0.2, 0.25) is 5.91 Å². The Morgan fingerprint density at radius 2 is 1.63 bits per heavy atom. The molecule has 35 heavy (non-hydrogen) atoms. The van der Waals surface area contributed by atoms with E-state index in [-0.39, 0.29) is 31.3 Å².